The summed E-state index contributed by atoms with van der Waals surface area (Å²) in [5.41, 5.74) is 1.70. The summed E-state index contributed by atoms with van der Waals surface area (Å²) in [5.74, 6) is -0.267. The van der Waals surface area contributed by atoms with Crippen molar-refractivity contribution in [3.8, 4) is 0 Å². The Labute approximate surface area is 253 Å². The standard InChI is InChI=1S/C36H41F2N3O2/c37-31-13-9-27(10-14-31)17-20-39-33(42)36(29-11-15-32(38)16-12-29)25-30(36)26-40-23-18-35(19-24-40,28-7-3-1-4-8-28)34(43)41-21-5-2-6-22-41/h1,3-4,7-16,30H,2,5-6,17-26H2,(H,39,42). The Balaban J connectivity index is 1.14. The number of rotatable bonds is 9. The van der Waals surface area contributed by atoms with E-state index in [0.717, 1.165) is 75.1 Å². The van der Waals surface area contributed by atoms with Crippen LogP contribution in [0.1, 0.15) is 55.2 Å². The number of piperidine rings is 2. The highest BCUT2D eigenvalue weighted by Crippen LogP contribution is 2.55. The molecule has 2 atom stereocenters. The number of benzene rings is 3. The highest BCUT2D eigenvalue weighted by Gasteiger charge is 2.61. The average Bonchev–Trinajstić information content (AvgIpc) is 3.78. The lowest BCUT2D eigenvalue weighted by atomic mass is 9.71. The number of halogens is 2. The fourth-order valence-electron chi connectivity index (χ4n) is 7.40. The normalized spacial score (nSPS) is 23.5. The van der Waals surface area contributed by atoms with E-state index in [2.05, 4.69) is 27.2 Å². The monoisotopic (exact) mass is 585 g/mol. The molecule has 0 radical (unpaired) electrons. The predicted molar refractivity (Wildman–Crippen MR) is 164 cm³/mol. The maximum absolute atomic E-state index is 14.0. The molecule has 0 aromatic heterocycles. The van der Waals surface area contributed by atoms with Crippen LogP contribution in [-0.4, -0.2) is 60.9 Å². The van der Waals surface area contributed by atoms with Crippen LogP contribution in [0.3, 0.4) is 0 Å². The summed E-state index contributed by atoms with van der Waals surface area (Å²) in [6.07, 6.45) is 6.15. The highest BCUT2D eigenvalue weighted by atomic mass is 19.1. The Morgan fingerprint density at radius 2 is 1.40 bits per heavy atom. The van der Waals surface area contributed by atoms with E-state index in [0.29, 0.717) is 19.4 Å². The van der Waals surface area contributed by atoms with Crippen LogP contribution in [0.2, 0.25) is 0 Å². The summed E-state index contributed by atoms with van der Waals surface area (Å²) < 4.78 is 27.1. The fourth-order valence-corrected chi connectivity index (χ4v) is 7.40. The van der Waals surface area contributed by atoms with Crippen LogP contribution in [0.4, 0.5) is 8.78 Å². The highest BCUT2D eigenvalue weighted by molar-refractivity contribution is 5.92. The zero-order valence-corrected chi connectivity index (χ0v) is 24.7. The Morgan fingerprint density at radius 3 is 2.05 bits per heavy atom. The van der Waals surface area contributed by atoms with Crippen LogP contribution in [-0.2, 0) is 26.8 Å². The molecule has 2 amide bonds. The van der Waals surface area contributed by atoms with Crippen molar-refractivity contribution in [1.29, 1.82) is 0 Å². The molecular formula is C36H41F2N3O2. The maximum Gasteiger partial charge on any atom is 0.233 e. The Bertz CT molecular complexity index is 1400. The van der Waals surface area contributed by atoms with Gasteiger partial charge in [0.1, 0.15) is 11.6 Å². The minimum Gasteiger partial charge on any atom is -0.355 e. The van der Waals surface area contributed by atoms with Gasteiger partial charge in [-0.3, -0.25) is 9.59 Å². The van der Waals surface area contributed by atoms with Gasteiger partial charge in [-0.1, -0.05) is 54.6 Å². The van der Waals surface area contributed by atoms with Crippen molar-refractivity contribution in [2.75, 3.05) is 39.3 Å². The summed E-state index contributed by atoms with van der Waals surface area (Å²) >= 11 is 0. The number of likely N-dealkylation sites (tertiary alicyclic amines) is 2. The molecule has 3 aliphatic rings. The van der Waals surface area contributed by atoms with E-state index in [1.165, 1.54) is 30.7 Å². The van der Waals surface area contributed by atoms with Crippen LogP contribution in [0.25, 0.3) is 0 Å². The minimum absolute atomic E-state index is 0.0397. The van der Waals surface area contributed by atoms with E-state index < -0.39 is 10.8 Å². The SMILES string of the molecule is O=C(N1CCCCC1)C1(c2ccccc2)CCN(CC2CC2(C(=O)NCCc2ccc(F)cc2)c2ccc(F)cc2)CC1. The molecule has 2 unspecified atom stereocenters. The molecule has 1 aliphatic carbocycles. The summed E-state index contributed by atoms with van der Waals surface area (Å²) in [6.45, 7) is 4.46. The molecule has 3 fully saturated rings. The first-order valence-electron chi connectivity index (χ1n) is 15.8. The van der Waals surface area contributed by atoms with Gasteiger partial charge in [0, 0.05) is 26.2 Å². The minimum atomic E-state index is -0.700. The number of hydrogen-bond acceptors (Lipinski definition) is 3. The molecule has 7 heteroatoms. The Morgan fingerprint density at radius 1 is 0.767 bits per heavy atom. The van der Waals surface area contributed by atoms with Crippen molar-refractivity contribution in [2.24, 2.45) is 5.92 Å². The smallest absolute Gasteiger partial charge is 0.233 e. The maximum atomic E-state index is 14.0. The number of amides is 2. The van der Waals surface area contributed by atoms with Gasteiger partial charge >= 0.3 is 0 Å². The Kier molecular flexibility index (Phi) is 8.62. The second-order valence-corrected chi connectivity index (χ2v) is 12.6. The summed E-state index contributed by atoms with van der Waals surface area (Å²) in [5, 5.41) is 3.12. The lowest BCUT2D eigenvalue weighted by molar-refractivity contribution is -0.140. The van der Waals surface area contributed by atoms with E-state index in [-0.39, 0.29) is 29.4 Å². The lowest BCUT2D eigenvalue weighted by Gasteiger charge is -2.44. The number of carbonyl (C=O) groups excluding carboxylic acids is 2. The van der Waals surface area contributed by atoms with Crippen LogP contribution in [0.5, 0.6) is 0 Å². The molecule has 1 N–H and O–H groups in total. The third kappa shape index (κ3) is 6.10. The van der Waals surface area contributed by atoms with Gasteiger partial charge in [-0.15, -0.1) is 0 Å². The lowest BCUT2D eigenvalue weighted by Crippen LogP contribution is -2.54. The van der Waals surface area contributed by atoms with Crippen molar-refractivity contribution in [1.82, 2.24) is 15.1 Å². The summed E-state index contributed by atoms with van der Waals surface area (Å²) in [4.78, 5) is 32.3. The van der Waals surface area contributed by atoms with Crippen LogP contribution in [0, 0.1) is 17.6 Å². The van der Waals surface area contributed by atoms with Crippen molar-refractivity contribution in [2.45, 2.75) is 55.8 Å². The number of nitrogens with one attached hydrogen (secondary N) is 1. The van der Waals surface area contributed by atoms with E-state index in [1.54, 1.807) is 24.3 Å². The largest absolute Gasteiger partial charge is 0.355 e. The van der Waals surface area contributed by atoms with Gasteiger partial charge < -0.3 is 15.1 Å². The molecule has 3 aromatic carbocycles. The molecular weight excluding hydrogens is 544 g/mol. The molecule has 1 saturated carbocycles. The van der Waals surface area contributed by atoms with Crippen LogP contribution < -0.4 is 5.32 Å². The second-order valence-electron chi connectivity index (χ2n) is 12.6. The van der Waals surface area contributed by atoms with E-state index in [4.69, 9.17) is 0 Å². The molecule has 0 bridgehead atoms. The zero-order valence-electron chi connectivity index (χ0n) is 24.7. The number of hydrogen-bond donors (Lipinski definition) is 1. The first kappa shape index (κ1) is 29.5. The fraction of sp³-hybridized carbons (Fsp3) is 0.444. The molecule has 43 heavy (non-hydrogen) atoms. The molecule has 3 aromatic rings. The van der Waals surface area contributed by atoms with Crippen molar-refractivity contribution < 1.29 is 18.4 Å². The predicted octanol–water partition coefficient (Wildman–Crippen LogP) is 5.63. The van der Waals surface area contributed by atoms with E-state index in [1.807, 2.05) is 18.2 Å². The van der Waals surface area contributed by atoms with E-state index >= 15 is 0 Å². The van der Waals surface area contributed by atoms with Gasteiger partial charge in [0.15, 0.2) is 0 Å². The van der Waals surface area contributed by atoms with Gasteiger partial charge in [0.05, 0.1) is 10.8 Å². The van der Waals surface area contributed by atoms with Crippen molar-refractivity contribution in [3.63, 3.8) is 0 Å². The summed E-state index contributed by atoms with van der Waals surface area (Å²) in [7, 11) is 0. The quantitative estimate of drug-likeness (QED) is 0.354. The third-order valence-corrected chi connectivity index (χ3v) is 10.0. The molecule has 6 rings (SSSR count). The molecule has 5 nitrogen and oxygen atoms in total. The average molecular weight is 586 g/mol. The number of nitrogens with zero attached hydrogens (tertiary/aromatic N) is 2. The molecule has 0 spiro atoms. The molecule has 2 aliphatic heterocycles. The first-order valence-corrected chi connectivity index (χ1v) is 15.8. The van der Waals surface area contributed by atoms with Gasteiger partial charge in [-0.05, 0) is 105 Å². The molecule has 2 saturated heterocycles. The zero-order chi connectivity index (χ0) is 29.9. The van der Waals surface area contributed by atoms with Crippen LogP contribution >= 0.6 is 0 Å². The summed E-state index contributed by atoms with van der Waals surface area (Å²) in [6, 6.07) is 22.9. The van der Waals surface area contributed by atoms with E-state index in [9.17, 15) is 18.4 Å². The molecule has 2 heterocycles. The second kappa shape index (κ2) is 12.6. The van der Waals surface area contributed by atoms with Crippen LogP contribution in [0.15, 0.2) is 78.9 Å². The third-order valence-electron chi connectivity index (χ3n) is 10.0. The Hall–Kier alpha value is -3.58. The first-order chi connectivity index (χ1) is 20.9. The van der Waals surface area contributed by atoms with Gasteiger partial charge in [0.25, 0.3) is 0 Å². The van der Waals surface area contributed by atoms with Gasteiger partial charge in [-0.25, -0.2) is 8.78 Å². The van der Waals surface area contributed by atoms with Gasteiger partial charge in [-0.2, -0.15) is 0 Å². The molecule has 226 valence electrons. The van der Waals surface area contributed by atoms with Gasteiger partial charge in [0.2, 0.25) is 11.8 Å². The topological polar surface area (TPSA) is 52.7 Å². The van der Waals surface area contributed by atoms with Crippen molar-refractivity contribution in [3.05, 3.63) is 107 Å². The van der Waals surface area contributed by atoms with Crippen molar-refractivity contribution >= 4 is 11.8 Å². The number of carbonyl (C=O) groups is 2.